The van der Waals surface area contributed by atoms with Crippen LogP contribution in [0, 0.1) is 0 Å². The average Bonchev–Trinajstić information content (AvgIpc) is 2.99. The van der Waals surface area contributed by atoms with Crippen molar-refractivity contribution >= 4 is 0 Å². The van der Waals surface area contributed by atoms with Crippen molar-refractivity contribution in [1.29, 1.82) is 0 Å². The summed E-state index contributed by atoms with van der Waals surface area (Å²) >= 11 is 0. The Balaban J connectivity index is 2.10. The van der Waals surface area contributed by atoms with Crippen molar-refractivity contribution < 1.29 is 14.2 Å². The highest BCUT2D eigenvalue weighted by Crippen LogP contribution is 2.39. The van der Waals surface area contributed by atoms with E-state index in [1.54, 1.807) is 33.7 Å². The first-order valence-corrected chi connectivity index (χ1v) is 6.27. The maximum Gasteiger partial charge on any atom is 0.203 e. The Labute approximate surface area is 118 Å². The zero-order valence-electron chi connectivity index (χ0n) is 11.9. The molecule has 2 rings (SSSR count). The molecule has 6 nitrogen and oxygen atoms in total. The number of aromatic amines is 1. The molecule has 1 heterocycles. The topological polar surface area (TPSA) is 68.4 Å². The summed E-state index contributed by atoms with van der Waals surface area (Å²) in [5.41, 5.74) is 0.997. The zero-order valence-corrected chi connectivity index (χ0v) is 11.9. The fourth-order valence-electron chi connectivity index (χ4n) is 2.01. The van der Waals surface area contributed by atoms with E-state index in [4.69, 9.17) is 14.2 Å². The van der Waals surface area contributed by atoms with Crippen LogP contribution in [0.2, 0.25) is 0 Å². The summed E-state index contributed by atoms with van der Waals surface area (Å²) in [7, 11) is 4.82. The molecule has 0 bridgehead atoms. The van der Waals surface area contributed by atoms with Crippen molar-refractivity contribution in [3.05, 3.63) is 35.9 Å². The Morgan fingerprint density at radius 3 is 2.45 bits per heavy atom. The molecule has 0 aliphatic heterocycles. The molecule has 2 N–H and O–H groups in total. The second kappa shape index (κ2) is 6.81. The first kappa shape index (κ1) is 14.2. The minimum Gasteiger partial charge on any atom is -0.493 e. The van der Waals surface area contributed by atoms with Gasteiger partial charge in [-0.25, -0.2) is 4.98 Å². The molecular weight excluding hydrogens is 258 g/mol. The van der Waals surface area contributed by atoms with Crippen LogP contribution in [0.5, 0.6) is 17.2 Å². The Kier molecular flexibility index (Phi) is 4.84. The highest BCUT2D eigenvalue weighted by molar-refractivity contribution is 5.55. The first-order valence-electron chi connectivity index (χ1n) is 6.27. The molecule has 0 aliphatic carbocycles. The lowest BCUT2D eigenvalue weighted by Gasteiger charge is -2.15. The van der Waals surface area contributed by atoms with Crippen LogP contribution in [-0.2, 0) is 13.1 Å². The summed E-state index contributed by atoms with van der Waals surface area (Å²) in [6.45, 7) is 1.30. The molecule has 0 spiro atoms. The number of nitrogens with zero attached hydrogens (tertiary/aromatic N) is 1. The van der Waals surface area contributed by atoms with Crippen LogP contribution < -0.4 is 19.5 Å². The molecule has 0 unspecified atom stereocenters. The van der Waals surface area contributed by atoms with E-state index in [1.807, 2.05) is 12.1 Å². The molecule has 0 radical (unpaired) electrons. The molecule has 0 amide bonds. The third-order valence-electron chi connectivity index (χ3n) is 2.95. The molecule has 0 aliphatic rings. The lowest BCUT2D eigenvalue weighted by molar-refractivity contribution is 0.321. The molecule has 0 fully saturated rings. The van der Waals surface area contributed by atoms with Crippen LogP contribution in [0.4, 0.5) is 0 Å². The SMILES string of the molecule is COc1ccc(CNCc2ncc[nH]2)c(OC)c1OC. The smallest absolute Gasteiger partial charge is 0.203 e. The largest absolute Gasteiger partial charge is 0.493 e. The fourth-order valence-corrected chi connectivity index (χ4v) is 2.01. The summed E-state index contributed by atoms with van der Waals surface area (Å²) in [4.78, 5) is 7.20. The summed E-state index contributed by atoms with van der Waals surface area (Å²) in [6.07, 6.45) is 3.53. The maximum absolute atomic E-state index is 5.43. The van der Waals surface area contributed by atoms with Gasteiger partial charge in [-0.2, -0.15) is 0 Å². The van der Waals surface area contributed by atoms with Gasteiger partial charge in [-0.15, -0.1) is 0 Å². The summed E-state index contributed by atoms with van der Waals surface area (Å²) in [6, 6.07) is 3.82. The van der Waals surface area contributed by atoms with Gasteiger partial charge in [0.15, 0.2) is 11.5 Å². The minimum absolute atomic E-state index is 0.604. The number of benzene rings is 1. The van der Waals surface area contributed by atoms with E-state index >= 15 is 0 Å². The second-order valence-corrected chi connectivity index (χ2v) is 4.13. The third-order valence-corrected chi connectivity index (χ3v) is 2.95. The highest BCUT2D eigenvalue weighted by atomic mass is 16.5. The van der Waals surface area contributed by atoms with Crippen LogP contribution >= 0.6 is 0 Å². The lowest BCUT2D eigenvalue weighted by atomic mass is 10.1. The quantitative estimate of drug-likeness (QED) is 0.806. The van der Waals surface area contributed by atoms with Gasteiger partial charge in [-0.3, -0.25) is 0 Å². The highest BCUT2D eigenvalue weighted by Gasteiger charge is 2.15. The van der Waals surface area contributed by atoms with Gasteiger partial charge in [0.25, 0.3) is 0 Å². The molecule has 0 saturated heterocycles. The third kappa shape index (κ3) is 3.03. The van der Waals surface area contributed by atoms with Crippen LogP contribution in [-0.4, -0.2) is 31.3 Å². The van der Waals surface area contributed by atoms with Gasteiger partial charge in [0, 0.05) is 24.5 Å². The first-order chi connectivity index (χ1) is 9.80. The van der Waals surface area contributed by atoms with Gasteiger partial charge in [0.1, 0.15) is 5.82 Å². The van der Waals surface area contributed by atoms with E-state index in [0.29, 0.717) is 30.3 Å². The molecule has 108 valence electrons. The van der Waals surface area contributed by atoms with Crippen LogP contribution in [0.1, 0.15) is 11.4 Å². The minimum atomic E-state index is 0.604. The molecule has 0 atom stereocenters. The van der Waals surface area contributed by atoms with Gasteiger partial charge in [-0.05, 0) is 6.07 Å². The van der Waals surface area contributed by atoms with Gasteiger partial charge in [0.2, 0.25) is 5.75 Å². The van der Waals surface area contributed by atoms with Crippen LogP contribution in [0.15, 0.2) is 24.5 Å². The van der Waals surface area contributed by atoms with Crippen molar-refractivity contribution in [3.63, 3.8) is 0 Å². The molecule has 2 aromatic rings. The number of imidazole rings is 1. The number of hydrogen-bond donors (Lipinski definition) is 2. The Morgan fingerprint density at radius 2 is 1.85 bits per heavy atom. The number of rotatable bonds is 7. The number of aromatic nitrogens is 2. The molecule has 1 aromatic carbocycles. The second-order valence-electron chi connectivity index (χ2n) is 4.13. The van der Waals surface area contributed by atoms with Gasteiger partial charge < -0.3 is 24.5 Å². The number of ether oxygens (including phenoxy) is 3. The molecular formula is C14H19N3O3. The van der Waals surface area contributed by atoms with E-state index < -0.39 is 0 Å². The Hall–Kier alpha value is -2.21. The van der Waals surface area contributed by atoms with Crippen molar-refractivity contribution in [1.82, 2.24) is 15.3 Å². The number of hydrogen-bond acceptors (Lipinski definition) is 5. The van der Waals surface area contributed by atoms with Crippen molar-refractivity contribution in [2.45, 2.75) is 13.1 Å². The molecule has 1 aromatic heterocycles. The zero-order chi connectivity index (χ0) is 14.4. The predicted octanol–water partition coefficient (Wildman–Crippen LogP) is 1.73. The Morgan fingerprint density at radius 1 is 1.05 bits per heavy atom. The lowest BCUT2D eigenvalue weighted by Crippen LogP contribution is -2.14. The van der Waals surface area contributed by atoms with E-state index in [2.05, 4.69) is 15.3 Å². The van der Waals surface area contributed by atoms with Crippen LogP contribution in [0.3, 0.4) is 0 Å². The van der Waals surface area contributed by atoms with E-state index in [9.17, 15) is 0 Å². The van der Waals surface area contributed by atoms with E-state index in [0.717, 1.165) is 11.4 Å². The van der Waals surface area contributed by atoms with Gasteiger partial charge >= 0.3 is 0 Å². The molecule has 6 heteroatoms. The standard InChI is InChI=1S/C14H19N3O3/c1-18-11-5-4-10(13(19-2)14(11)20-3)8-15-9-12-16-6-7-17-12/h4-7,15H,8-9H2,1-3H3,(H,16,17). The number of methoxy groups -OCH3 is 3. The predicted molar refractivity (Wildman–Crippen MR) is 75.2 cm³/mol. The monoisotopic (exact) mass is 277 g/mol. The van der Waals surface area contributed by atoms with E-state index in [1.165, 1.54) is 0 Å². The molecule has 0 saturated carbocycles. The van der Waals surface area contributed by atoms with Crippen LogP contribution in [0.25, 0.3) is 0 Å². The summed E-state index contributed by atoms with van der Waals surface area (Å²) < 4.78 is 16.0. The van der Waals surface area contributed by atoms with E-state index in [-0.39, 0.29) is 0 Å². The van der Waals surface area contributed by atoms with Crippen molar-refractivity contribution in [2.24, 2.45) is 0 Å². The van der Waals surface area contributed by atoms with Gasteiger partial charge in [0.05, 0.1) is 27.9 Å². The van der Waals surface area contributed by atoms with Crippen molar-refractivity contribution in [2.75, 3.05) is 21.3 Å². The summed E-state index contributed by atoms with van der Waals surface area (Å²) in [5.74, 6) is 2.83. The normalized spacial score (nSPS) is 10.3. The van der Waals surface area contributed by atoms with Gasteiger partial charge in [-0.1, -0.05) is 6.07 Å². The average molecular weight is 277 g/mol. The summed E-state index contributed by atoms with van der Waals surface area (Å²) in [5, 5.41) is 3.30. The maximum atomic E-state index is 5.43. The number of H-pyrrole nitrogens is 1. The molecule has 20 heavy (non-hydrogen) atoms. The van der Waals surface area contributed by atoms with Crippen molar-refractivity contribution in [3.8, 4) is 17.2 Å². The fraction of sp³-hybridized carbons (Fsp3) is 0.357. The number of nitrogens with one attached hydrogen (secondary N) is 2. The Bertz CT molecular complexity index is 541.